The van der Waals surface area contributed by atoms with Gasteiger partial charge in [-0.1, -0.05) is 0 Å². The van der Waals surface area contributed by atoms with Gasteiger partial charge in [0.1, 0.15) is 11.6 Å². The van der Waals surface area contributed by atoms with Crippen LogP contribution < -0.4 is 10.1 Å². The molecule has 1 N–H and O–H groups in total. The lowest BCUT2D eigenvalue weighted by Crippen LogP contribution is -2.25. The van der Waals surface area contributed by atoms with Gasteiger partial charge < -0.3 is 10.1 Å². The van der Waals surface area contributed by atoms with Gasteiger partial charge in [0.15, 0.2) is 11.6 Å². The van der Waals surface area contributed by atoms with Gasteiger partial charge in [-0.05, 0) is 13.0 Å². The van der Waals surface area contributed by atoms with E-state index in [0.29, 0.717) is 0 Å². The number of ketones is 1. The van der Waals surface area contributed by atoms with Crippen molar-refractivity contribution in [2.45, 2.75) is 19.9 Å². The summed E-state index contributed by atoms with van der Waals surface area (Å²) in [4.78, 5) is 21.8. The second kappa shape index (κ2) is 6.09. The van der Waals surface area contributed by atoms with Crippen molar-refractivity contribution in [3.63, 3.8) is 0 Å². The van der Waals surface area contributed by atoms with Gasteiger partial charge in [-0.3, -0.25) is 9.59 Å². The highest BCUT2D eigenvalue weighted by atomic mass is 19.1. The maximum Gasteiger partial charge on any atom is 0.227 e. The molecule has 1 aromatic carbocycles. The molecule has 1 amide bonds. The topological polar surface area (TPSA) is 55.4 Å². The van der Waals surface area contributed by atoms with E-state index in [2.05, 4.69) is 10.1 Å². The van der Waals surface area contributed by atoms with Crippen molar-refractivity contribution in [1.29, 1.82) is 0 Å². The molecule has 1 rings (SSSR count). The number of Topliss-reactive ketones (excluding diaryl/α,β-unsaturated/α-hetero) is 1. The maximum atomic E-state index is 13.5. The fourth-order valence-corrected chi connectivity index (χ4v) is 1.34. The van der Waals surface area contributed by atoms with E-state index in [0.717, 1.165) is 12.1 Å². The normalized spacial score (nSPS) is 10.0. The Labute approximate surface area is 103 Å². The van der Waals surface area contributed by atoms with Crippen LogP contribution in [-0.2, 0) is 16.1 Å². The van der Waals surface area contributed by atoms with E-state index in [1.165, 1.54) is 14.0 Å². The average molecular weight is 257 g/mol. The number of carbonyl (C=O) groups excluding carboxylic acids is 2. The molecule has 0 aromatic heterocycles. The molecule has 0 aliphatic rings. The third kappa shape index (κ3) is 3.80. The zero-order valence-electron chi connectivity index (χ0n) is 10.0. The lowest BCUT2D eigenvalue weighted by atomic mass is 10.2. The summed E-state index contributed by atoms with van der Waals surface area (Å²) < 4.78 is 31.4. The van der Waals surface area contributed by atoms with E-state index in [-0.39, 0.29) is 30.1 Å². The molecular weight excluding hydrogens is 244 g/mol. The van der Waals surface area contributed by atoms with Gasteiger partial charge in [-0.15, -0.1) is 0 Å². The molecule has 0 saturated carbocycles. The van der Waals surface area contributed by atoms with Gasteiger partial charge in [0, 0.05) is 18.2 Å². The molecule has 0 unspecified atom stereocenters. The molecule has 0 spiro atoms. The Morgan fingerprint density at radius 3 is 2.50 bits per heavy atom. The van der Waals surface area contributed by atoms with Crippen LogP contribution in [0.15, 0.2) is 12.1 Å². The van der Waals surface area contributed by atoms with Crippen LogP contribution in [0.1, 0.15) is 18.9 Å². The molecule has 0 aliphatic carbocycles. The molecule has 0 bridgehead atoms. The van der Waals surface area contributed by atoms with E-state index in [1.54, 1.807) is 0 Å². The Balaban J connectivity index is 2.71. The molecule has 0 radical (unpaired) electrons. The third-order valence-electron chi connectivity index (χ3n) is 2.21. The van der Waals surface area contributed by atoms with Crippen LogP contribution in [0.3, 0.4) is 0 Å². The first-order valence-electron chi connectivity index (χ1n) is 5.22. The summed E-state index contributed by atoms with van der Waals surface area (Å²) in [5.74, 6) is -2.43. The SMILES string of the molecule is COc1cc(F)c(CNC(=O)CC(C)=O)cc1F. The Morgan fingerprint density at radius 2 is 1.94 bits per heavy atom. The largest absolute Gasteiger partial charge is 0.494 e. The molecule has 0 heterocycles. The number of hydrogen-bond donors (Lipinski definition) is 1. The highest BCUT2D eigenvalue weighted by molar-refractivity contribution is 5.96. The molecule has 0 fully saturated rings. The highest BCUT2D eigenvalue weighted by Crippen LogP contribution is 2.21. The van der Waals surface area contributed by atoms with E-state index in [1.807, 2.05) is 0 Å². The summed E-state index contributed by atoms with van der Waals surface area (Å²) in [7, 11) is 1.23. The number of methoxy groups -OCH3 is 1. The van der Waals surface area contributed by atoms with Crippen LogP contribution >= 0.6 is 0 Å². The fraction of sp³-hybridized carbons (Fsp3) is 0.333. The summed E-state index contributed by atoms with van der Waals surface area (Å²) in [5, 5.41) is 2.33. The predicted octanol–water partition coefficient (Wildman–Crippen LogP) is 1.57. The lowest BCUT2D eigenvalue weighted by Gasteiger charge is -2.08. The summed E-state index contributed by atoms with van der Waals surface area (Å²) in [6, 6.07) is 1.85. The monoisotopic (exact) mass is 257 g/mol. The van der Waals surface area contributed by atoms with E-state index >= 15 is 0 Å². The number of benzene rings is 1. The summed E-state index contributed by atoms with van der Waals surface area (Å²) in [6.07, 6.45) is -0.278. The third-order valence-corrected chi connectivity index (χ3v) is 2.21. The number of nitrogens with one attached hydrogen (secondary N) is 1. The fourth-order valence-electron chi connectivity index (χ4n) is 1.34. The maximum absolute atomic E-state index is 13.5. The van der Waals surface area contributed by atoms with Crippen LogP contribution in [0.4, 0.5) is 8.78 Å². The zero-order valence-corrected chi connectivity index (χ0v) is 10.0. The first-order chi connectivity index (χ1) is 8.43. The van der Waals surface area contributed by atoms with Gasteiger partial charge >= 0.3 is 0 Å². The second-order valence-electron chi connectivity index (χ2n) is 3.73. The minimum Gasteiger partial charge on any atom is -0.494 e. The predicted molar refractivity (Wildman–Crippen MR) is 60.1 cm³/mol. The second-order valence-corrected chi connectivity index (χ2v) is 3.73. The molecular formula is C12H13F2NO3. The standard InChI is InChI=1S/C12H13F2NO3/c1-7(16)3-12(17)15-6-8-4-10(14)11(18-2)5-9(8)13/h4-5H,3,6H2,1-2H3,(H,15,17). The molecule has 98 valence electrons. The van der Waals surface area contributed by atoms with E-state index < -0.39 is 17.5 Å². The molecule has 0 saturated heterocycles. The number of carbonyl (C=O) groups is 2. The summed E-state index contributed by atoms with van der Waals surface area (Å²) >= 11 is 0. The van der Waals surface area contributed by atoms with Gasteiger partial charge in [-0.2, -0.15) is 0 Å². The van der Waals surface area contributed by atoms with E-state index in [4.69, 9.17) is 0 Å². The smallest absolute Gasteiger partial charge is 0.227 e. The summed E-state index contributed by atoms with van der Waals surface area (Å²) in [6.45, 7) is 1.09. The number of rotatable bonds is 5. The average Bonchev–Trinajstić information content (AvgIpc) is 2.28. The van der Waals surface area contributed by atoms with Crippen molar-refractivity contribution in [3.05, 3.63) is 29.3 Å². The van der Waals surface area contributed by atoms with Crippen molar-refractivity contribution in [2.24, 2.45) is 0 Å². The minimum atomic E-state index is -0.713. The first-order valence-corrected chi connectivity index (χ1v) is 5.22. The van der Waals surface area contributed by atoms with E-state index in [9.17, 15) is 18.4 Å². The number of amides is 1. The summed E-state index contributed by atoms with van der Waals surface area (Å²) in [5.41, 5.74) is -0.00907. The van der Waals surface area contributed by atoms with Gasteiger partial charge in [-0.25, -0.2) is 8.78 Å². The van der Waals surface area contributed by atoms with Crippen LogP contribution in [0.5, 0.6) is 5.75 Å². The van der Waals surface area contributed by atoms with Gasteiger partial charge in [0.25, 0.3) is 0 Å². The highest BCUT2D eigenvalue weighted by Gasteiger charge is 2.11. The number of ether oxygens (including phenoxy) is 1. The van der Waals surface area contributed by atoms with Gasteiger partial charge in [0.2, 0.25) is 5.91 Å². The van der Waals surface area contributed by atoms with Crippen molar-refractivity contribution >= 4 is 11.7 Å². The van der Waals surface area contributed by atoms with Crippen LogP contribution in [0.2, 0.25) is 0 Å². The Morgan fingerprint density at radius 1 is 1.28 bits per heavy atom. The molecule has 0 aliphatic heterocycles. The van der Waals surface area contributed by atoms with Crippen molar-refractivity contribution < 1.29 is 23.1 Å². The Kier molecular flexibility index (Phi) is 4.76. The van der Waals surface area contributed by atoms with Crippen molar-refractivity contribution in [2.75, 3.05) is 7.11 Å². The number of hydrogen-bond acceptors (Lipinski definition) is 3. The minimum absolute atomic E-state index is 0.00907. The molecule has 0 atom stereocenters. The quantitative estimate of drug-likeness (QED) is 0.814. The van der Waals surface area contributed by atoms with Crippen LogP contribution in [0, 0.1) is 11.6 Å². The Bertz CT molecular complexity index is 475. The van der Waals surface area contributed by atoms with Crippen LogP contribution in [0.25, 0.3) is 0 Å². The van der Waals surface area contributed by atoms with Crippen LogP contribution in [-0.4, -0.2) is 18.8 Å². The number of halogens is 2. The molecule has 6 heteroatoms. The van der Waals surface area contributed by atoms with Crippen molar-refractivity contribution in [1.82, 2.24) is 5.32 Å². The van der Waals surface area contributed by atoms with Gasteiger partial charge in [0.05, 0.1) is 13.5 Å². The molecule has 4 nitrogen and oxygen atoms in total. The zero-order chi connectivity index (χ0) is 13.7. The Hall–Kier alpha value is -1.98. The van der Waals surface area contributed by atoms with Crippen molar-refractivity contribution in [3.8, 4) is 5.75 Å². The lowest BCUT2D eigenvalue weighted by molar-refractivity contribution is -0.127. The molecule has 1 aromatic rings. The first kappa shape index (κ1) is 14.1. The molecule has 18 heavy (non-hydrogen) atoms.